The SMILES string of the molecule is CCOC(=O)Cn1c(=NC(=O)c2ccc(S(=O)(=O)N(CC(C)C)CC(C)C)cc2)sc2cc(OC)c(OC)cc21. The molecule has 0 fully saturated rings. The van der Waals surface area contributed by atoms with Crippen LogP contribution in [-0.2, 0) is 26.1 Å². The van der Waals surface area contributed by atoms with Gasteiger partial charge >= 0.3 is 5.97 Å². The molecule has 3 aromatic rings. The van der Waals surface area contributed by atoms with Crippen LogP contribution in [0.1, 0.15) is 45.0 Å². The second kappa shape index (κ2) is 13.4. The Balaban J connectivity index is 2.03. The highest BCUT2D eigenvalue weighted by atomic mass is 32.2. The van der Waals surface area contributed by atoms with Crippen LogP contribution < -0.4 is 14.3 Å². The lowest BCUT2D eigenvalue weighted by Crippen LogP contribution is -2.37. The second-order valence-corrected chi connectivity index (χ2v) is 12.9. The van der Waals surface area contributed by atoms with Crippen LogP contribution in [-0.4, -0.2) is 63.1 Å². The largest absolute Gasteiger partial charge is 0.493 e. The Morgan fingerprint density at radius 2 is 1.55 bits per heavy atom. The number of esters is 1. The zero-order valence-corrected chi connectivity index (χ0v) is 25.6. The smallest absolute Gasteiger partial charge is 0.326 e. The third kappa shape index (κ3) is 7.29. The highest BCUT2D eigenvalue weighted by molar-refractivity contribution is 7.89. The Labute approximate surface area is 239 Å². The maximum Gasteiger partial charge on any atom is 0.326 e. The summed E-state index contributed by atoms with van der Waals surface area (Å²) < 4.78 is 46.4. The minimum absolute atomic E-state index is 0.115. The molecule has 10 nitrogen and oxygen atoms in total. The first-order valence-electron chi connectivity index (χ1n) is 13.0. The number of fused-ring (bicyclic) bond motifs is 1. The molecule has 2 aromatic carbocycles. The van der Waals surface area contributed by atoms with Gasteiger partial charge in [0, 0.05) is 30.8 Å². The molecular weight excluding hydrogens is 554 g/mol. The van der Waals surface area contributed by atoms with Crippen LogP contribution in [0.2, 0.25) is 0 Å². The summed E-state index contributed by atoms with van der Waals surface area (Å²) in [5, 5.41) is 0. The summed E-state index contributed by atoms with van der Waals surface area (Å²) in [6, 6.07) is 9.24. The first kappa shape index (κ1) is 31.3. The number of sulfonamides is 1. The summed E-state index contributed by atoms with van der Waals surface area (Å²) in [4.78, 5) is 30.2. The number of amides is 1. The normalized spacial score (nSPS) is 12.5. The molecule has 0 aliphatic heterocycles. The molecule has 218 valence electrons. The Morgan fingerprint density at radius 3 is 2.08 bits per heavy atom. The number of carbonyl (C=O) groups is 2. The second-order valence-electron chi connectivity index (χ2n) is 10.0. The number of thiazole rings is 1. The highest BCUT2D eigenvalue weighted by Gasteiger charge is 2.26. The Kier molecular flexibility index (Phi) is 10.5. The van der Waals surface area contributed by atoms with E-state index in [-0.39, 0.29) is 40.2 Å². The number of benzene rings is 2. The fraction of sp³-hybridized carbons (Fsp3) is 0.464. The van der Waals surface area contributed by atoms with E-state index in [9.17, 15) is 18.0 Å². The molecule has 0 unspecified atom stereocenters. The third-order valence-electron chi connectivity index (χ3n) is 5.85. The van der Waals surface area contributed by atoms with Crippen molar-refractivity contribution in [2.75, 3.05) is 33.9 Å². The molecule has 0 N–H and O–H groups in total. The number of nitrogens with zero attached hydrogens (tertiary/aromatic N) is 3. The van der Waals surface area contributed by atoms with Gasteiger partial charge in [0.05, 0.1) is 35.9 Å². The van der Waals surface area contributed by atoms with E-state index in [1.54, 1.807) is 23.6 Å². The number of rotatable bonds is 12. The van der Waals surface area contributed by atoms with Crippen LogP contribution in [0.3, 0.4) is 0 Å². The Hall–Kier alpha value is -3.22. The van der Waals surface area contributed by atoms with Gasteiger partial charge in [-0.25, -0.2) is 8.42 Å². The van der Waals surface area contributed by atoms with Crippen molar-refractivity contribution in [2.24, 2.45) is 16.8 Å². The summed E-state index contributed by atoms with van der Waals surface area (Å²) in [7, 11) is -0.704. The van der Waals surface area contributed by atoms with Crippen LogP contribution in [0.25, 0.3) is 10.2 Å². The van der Waals surface area contributed by atoms with Crippen molar-refractivity contribution in [3.63, 3.8) is 0 Å². The monoisotopic (exact) mass is 591 g/mol. The van der Waals surface area contributed by atoms with Gasteiger partial charge in [0.2, 0.25) is 10.0 Å². The van der Waals surface area contributed by atoms with Crippen molar-refractivity contribution in [3.8, 4) is 11.5 Å². The van der Waals surface area contributed by atoms with Gasteiger partial charge < -0.3 is 18.8 Å². The van der Waals surface area contributed by atoms with Crippen molar-refractivity contribution in [2.45, 2.75) is 46.1 Å². The number of carbonyl (C=O) groups excluding carboxylic acids is 2. The zero-order valence-electron chi connectivity index (χ0n) is 24.0. The summed E-state index contributed by atoms with van der Waals surface area (Å²) in [6.45, 7) is 10.5. The molecule has 1 aromatic heterocycles. The van der Waals surface area contributed by atoms with Crippen molar-refractivity contribution < 1.29 is 32.2 Å². The molecule has 0 saturated carbocycles. The maximum absolute atomic E-state index is 13.3. The van der Waals surface area contributed by atoms with E-state index in [1.807, 2.05) is 27.7 Å². The van der Waals surface area contributed by atoms with E-state index in [0.29, 0.717) is 30.1 Å². The van der Waals surface area contributed by atoms with Gasteiger partial charge in [0.25, 0.3) is 5.91 Å². The summed E-state index contributed by atoms with van der Waals surface area (Å²) >= 11 is 1.21. The van der Waals surface area contributed by atoms with Crippen LogP contribution in [0, 0.1) is 11.8 Å². The number of hydrogen-bond acceptors (Lipinski definition) is 8. The van der Waals surface area contributed by atoms with Crippen LogP contribution in [0.15, 0.2) is 46.3 Å². The molecule has 1 heterocycles. The Bertz CT molecular complexity index is 1510. The molecule has 0 saturated heterocycles. The lowest BCUT2D eigenvalue weighted by atomic mass is 10.2. The van der Waals surface area contributed by atoms with E-state index in [4.69, 9.17) is 14.2 Å². The van der Waals surface area contributed by atoms with E-state index in [2.05, 4.69) is 4.99 Å². The van der Waals surface area contributed by atoms with Gasteiger partial charge in [-0.3, -0.25) is 9.59 Å². The van der Waals surface area contributed by atoms with Gasteiger partial charge in [-0.2, -0.15) is 9.30 Å². The molecule has 0 aliphatic rings. The van der Waals surface area contributed by atoms with Crippen molar-refractivity contribution >= 4 is 43.5 Å². The summed E-state index contributed by atoms with van der Waals surface area (Å²) in [6.07, 6.45) is 0. The minimum atomic E-state index is -3.73. The molecule has 0 bridgehead atoms. The molecule has 40 heavy (non-hydrogen) atoms. The fourth-order valence-corrected chi connectivity index (χ4v) is 6.93. The average Bonchev–Trinajstić information content (AvgIpc) is 3.22. The third-order valence-corrected chi connectivity index (χ3v) is 8.74. The van der Waals surface area contributed by atoms with Gasteiger partial charge in [-0.15, -0.1) is 0 Å². The average molecular weight is 592 g/mol. The van der Waals surface area contributed by atoms with Gasteiger partial charge in [0.1, 0.15) is 6.54 Å². The lowest BCUT2D eigenvalue weighted by molar-refractivity contribution is -0.143. The molecule has 3 rings (SSSR count). The lowest BCUT2D eigenvalue weighted by Gasteiger charge is -2.25. The number of aromatic nitrogens is 1. The standard InChI is InChI=1S/C28H37N3O7S2/c1-8-38-26(32)17-31-22-13-23(36-6)24(37-7)14-25(22)39-28(31)29-27(33)20-9-11-21(12-10-20)40(34,35)30(15-18(2)3)16-19(4)5/h9-14,18-19H,8,15-17H2,1-7H3. The maximum atomic E-state index is 13.3. The van der Waals surface area contributed by atoms with Crippen LogP contribution in [0.5, 0.6) is 11.5 Å². The van der Waals surface area contributed by atoms with E-state index >= 15 is 0 Å². The Morgan fingerprint density at radius 1 is 0.975 bits per heavy atom. The molecule has 0 radical (unpaired) electrons. The first-order chi connectivity index (χ1) is 18.9. The first-order valence-corrected chi connectivity index (χ1v) is 15.3. The van der Waals surface area contributed by atoms with E-state index in [1.165, 1.54) is 54.1 Å². The number of methoxy groups -OCH3 is 2. The topological polar surface area (TPSA) is 117 Å². The number of hydrogen-bond donors (Lipinski definition) is 0. The number of ether oxygens (including phenoxy) is 3. The summed E-state index contributed by atoms with van der Waals surface area (Å²) in [5.41, 5.74) is 0.840. The predicted octanol–water partition coefficient (Wildman–Crippen LogP) is 4.33. The van der Waals surface area contributed by atoms with E-state index < -0.39 is 21.9 Å². The molecule has 0 aliphatic carbocycles. The molecule has 12 heteroatoms. The van der Waals surface area contributed by atoms with Gasteiger partial charge in [0.15, 0.2) is 16.3 Å². The quantitative estimate of drug-likeness (QED) is 0.288. The predicted molar refractivity (Wildman–Crippen MR) is 154 cm³/mol. The van der Waals surface area contributed by atoms with Crippen molar-refractivity contribution in [3.05, 3.63) is 46.8 Å². The zero-order chi connectivity index (χ0) is 29.6. The fourth-order valence-electron chi connectivity index (χ4n) is 4.13. The minimum Gasteiger partial charge on any atom is -0.493 e. The highest BCUT2D eigenvalue weighted by Crippen LogP contribution is 2.33. The summed E-state index contributed by atoms with van der Waals surface area (Å²) in [5.74, 6) is 0.231. The van der Waals surface area contributed by atoms with Gasteiger partial charge in [-0.1, -0.05) is 39.0 Å². The van der Waals surface area contributed by atoms with E-state index in [0.717, 1.165) is 4.70 Å². The van der Waals surface area contributed by atoms with Crippen molar-refractivity contribution in [1.82, 2.24) is 8.87 Å². The molecule has 0 spiro atoms. The molecule has 0 atom stereocenters. The van der Waals surface area contributed by atoms with Gasteiger partial charge in [-0.05, 0) is 43.0 Å². The van der Waals surface area contributed by atoms with Crippen molar-refractivity contribution in [1.29, 1.82) is 0 Å². The molecule has 1 amide bonds. The van der Waals surface area contributed by atoms with Crippen LogP contribution >= 0.6 is 11.3 Å². The van der Waals surface area contributed by atoms with Crippen LogP contribution in [0.4, 0.5) is 0 Å². The molecular formula is C28H37N3O7S2.